The summed E-state index contributed by atoms with van der Waals surface area (Å²) in [5.41, 5.74) is 1.26. The number of carbonyl (C=O) groups is 1. The first kappa shape index (κ1) is 11.9. The van der Waals surface area contributed by atoms with Gasteiger partial charge in [-0.2, -0.15) is 0 Å². The molecule has 0 aliphatic rings. The number of rotatable bonds is 5. The fourth-order valence-corrected chi connectivity index (χ4v) is 1.39. The molecule has 0 atom stereocenters. The van der Waals surface area contributed by atoms with Crippen LogP contribution in [0.1, 0.15) is 5.56 Å². The SMILES string of the molecule is CNC(=O)OSNCCc1ccccc1. The Kier molecular flexibility index (Phi) is 5.65. The maximum absolute atomic E-state index is 10.7. The number of hydrogen-bond donors (Lipinski definition) is 2. The van der Waals surface area contributed by atoms with Crippen LogP contribution in [0.2, 0.25) is 0 Å². The van der Waals surface area contributed by atoms with Crippen LogP contribution in [-0.4, -0.2) is 19.7 Å². The van der Waals surface area contributed by atoms with Gasteiger partial charge < -0.3 is 9.50 Å². The van der Waals surface area contributed by atoms with Crippen molar-refractivity contribution in [2.45, 2.75) is 6.42 Å². The minimum Gasteiger partial charge on any atom is -0.358 e. The van der Waals surface area contributed by atoms with E-state index in [1.807, 2.05) is 18.2 Å². The van der Waals surface area contributed by atoms with Crippen molar-refractivity contribution in [3.05, 3.63) is 35.9 Å². The average molecular weight is 226 g/mol. The summed E-state index contributed by atoms with van der Waals surface area (Å²) < 4.78 is 7.62. The van der Waals surface area contributed by atoms with Crippen molar-refractivity contribution in [3.63, 3.8) is 0 Å². The number of hydrogen-bond acceptors (Lipinski definition) is 4. The average Bonchev–Trinajstić information content (AvgIpc) is 2.29. The van der Waals surface area contributed by atoms with Crippen LogP contribution < -0.4 is 10.0 Å². The van der Waals surface area contributed by atoms with E-state index >= 15 is 0 Å². The van der Waals surface area contributed by atoms with E-state index in [0.717, 1.165) is 25.2 Å². The van der Waals surface area contributed by atoms with Gasteiger partial charge in [-0.15, -0.1) is 0 Å². The normalized spacial score (nSPS) is 9.67. The van der Waals surface area contributed by atoms with Crippen LogP contribution in [0.5, 0.6) is 0 Å². The van der Waals surface area contributed by atoms with Crippen LogP contribution in [0.3, 0.4) is 0 Å². The Balaban J connectivity index is 2.05. The fraction of sp³-hybridized carbons (Fsp3) is 0.300. The highest BCUT2D eigenvalue weighted by Gasteiger charge is 1.97. The summed E-state index contributed by atoms with van der Waals surface area (Å²) in [7, 11) is 1.52. The summed E-state index contributed by atoms with van der Waals surface area (Å²) in [6.45, 7) is 0.756. The maximum Gasteiger partial charge on any atom is 0.420 e. The summed E-state index contributed by atoms with van der Waals surface area (Å²) in [5, 5.41) is 2.35. The smallest absolute Gasteiger partial charge is 0.358 e. The van der Waals surface area contributed by atoms with Crippen molar-refractivity contribution in [2.24, 2.45) is 0 Å². The number of benzene rings is 1. The van der Waals surface area contributed by atoms with Crippen molar-refractivity contribution in [3.8, 4) is 0 Å². The number of carbonyl (C=O) groups excluding carboxylic acids is 1. The molecule has 0 aliphatic heterocycles. The van der Waals surface area contributed by atoms with E-state index in [0.29, 0.717) is 0 Å². The van der Waals surface area contributed by atoms with Gasteiger partial charge in [0.1, 0.15) is 12.2 Å². The Morgan fingerprint density at radius 3 is 2.80 bits per heavy atom. The molecule has 82 valence electrons. The van der Waals surface area contributed by atoms with E-state index in [2.05, 4.69) is 26.4 Å². The molecule has 0 fully saturated rings. The molecule has 0 unspecified atom stereocenters. The standard InChI is InChI=1S/C10H14N2O2S/c1-11-10(13)14-15-12-8-7-9-5-3-2-4-6-9/h2-6,12H,7-8H2,1H3,(H,11,13). The molecule has 4 nitrogen and oxygen atoms in total. The first-order valence-electron chi connectivity index (χ1n) is 4.65. The molecule has 5 heteroatoms. The van der Waals surface area contributed by atoms with Gasteiger partial charge in [-0.1, -0.05) is 30.3 Å². The molecule has 0 saturated heterocycles. The van der Waals surface area contributed by atoms with Gasteiger partial charge in [0.25, 0.3) is 0 Å². The Labute approximate surface area is 93.7 Å². The van der Waals surface area contributed by atoms with Gasteiger partial charge in [-0.05, 0) is 12.0 Å². The summed E-state index contributed by atoms with van der Waals surface area (Å²) in [6, 6.07) is 10.1. The van der Waals surface area contributed by atoms with Gasteiger partial charge >= 0.3 is 6.09 Å². The van der Waals surface area contributed by atoms with Crippen molar-refractivity contribution >= 4 is 18.3 Å². The third-order valence-electron chi connectivity index (χ3n) is 1.74. The van der Waals surface area contributed by atoms with Crippen molar-refractivity contribution in [2.75, 3.05) is 13.6 Å². The molecule has 0 heterocycles. The predicted octanol–water partition coefficient (Wildman–Crippen LogP) is 1.74. The molecule has 2 N–H and O–H groups in total. The molecule has 0 spiro atoms. The van der Waals surface area contributed by atoms with Crippen molar-refractivity contribution in [1.82, 2.24) is 10.0 Å². The van der Waals surface area contributed by atoms with Gasteiger partial charge in [0.2, 0.25) is 0 Å². The molecule has 15 heavy (non-hydrogen) atoms. The molecular formula is C10H14N2O2S. The first-order valence-corrected chi connectivity index (χ1v) is 5.39. The summed E-state index contributed by atoms with van der Waals surface area (Å²) >= 11 is 0.943. The summed E-state index contributed by atoms with van der Waals surface area (Å²) in [4.78, 5) is 10.7. The van der Waals surface area contributed by atoms with Crippen LogP contribution in [0, 0.1) is 0 Å². The highest BCUT2D eigenvalue weighted by molar-refractivity contribution is 7.93. The predicted molar refractivity (Wildman–Crippen MR) is 61.3 cm³/mol. The van der Waals surface area contributed by atoms with E-state index in [1.54, 1.807) is 0 Å². The summed E-state index contributed by atoms with van der Waals surface area (Å²) in [6.07, 6.45) is 0.456. The highest BCUT2D eigenvalue weighted by atomic mass is 32.2. The van der Waals surface area contributed by atoms with Crippen LogP contribution in [-0.2, 0) is 10.6 Å². The zero-order chi connectivity index (χ0) is 10.9. The van der Waals surface area contributed by atoms with E-state index in [-0.39, 0.29) is 0 Å². The second-order valence-electron chi connectivity index (χ2n) is 2.83. The second kappa shape index (κ2) is 7.14. The first-order chi connectivity index (χ1) is 7.33. The van der Waals surface area contributed by atoms with E-state index in [4.69, 9.17) is 0 Å². The zero-order valence-electron chi connectivity index (χ0n) is 8.53. The van der Waals surface area contributed by atoms with Crippen LogP contribution in [0.25, 0.3) is 0 Å². The molecule has 0 radical (unpaired) electrons. The minimum atomic E-state index is -0.452. The molecule has 1 aromatic rings. The van der Waals surface area contributed by atoms with E-state index < -0.39 is 6.09 Å². The number of amides is 1. The Morgan fingerprint density at radius 1 is 1.40 bits per heavy atom. The van der Waals surface area contributed by atoms with Gasteiger partial charge in [0.15, 0.2) is 0 Å². The van der Waals surface area contributed by atoms with Gasteiger partial charge in [0, 0.05) is 13.6 Å². The van der Waals surface area contributed by atoms with Crippen molar-refractivity contribution < 1.29 is 8.98 Å². The Morgan fingerprint density at radius 2 is 2.13 bits per heavy atom. The molecule has 0 aromatic heterocycles. The lowest BCUT2D eigenvalue weighted by molar-refractivity contribution is 0.210. The number of nitrogens with one attached hydrogen (secondary N) is 2. The maximum atomic E-state index is 10.7. The van der Waals surface area contributed by atoms with Crippen LogP contribution in [0.15, 0.2) is 30.3 Å². The lowest BCUT2D eigenvalue weighted by atomic mass is 10.2. The topological polar surface area (TPSA) is 50.4 Å². The monoisotopic (exact) mass is 226 g/mol. The fourth-order valence-electron chi connectivity index (χ4n) is 0.991. The molecule has 0 saturated carbocycles. The molecule has 1 rings (SSSR count). The van der Waals surface area contributed by atoms with Gasteiger partial charge in [-0.3, -0.25) is 0 Å². The third kappa shape index (κ3) is 5.29. The van der Waals surface area contributed by atoms with Crippen LogP contribution in [0.4, 0.5) is 4.79 Å². The molecule has 1 aromatic carbocycles. The Hall–Kier alpha value is -1.20. The third-order valence-corrected chi connectivity index (χ3v) is 2.30. The zero-order valence-corrected chi connectivity index (χ0v) is 9.34. The van der Waals surface area contributed by atoms with Crippen LogP contribution >= 0.6 is 12.2 Å². The summed E-state index contributed by atoms with van der Waals surface area (Å²) in [5.74, 6) is 0. The minimum absolute atomic E-state index is 0.452. The molecule has 1 amide bonds. The highest BCUT2D eigenvalue weighted by Crippen LogP contribution is 2.00. The Bertz CT molecular complexity index is 293. The largest absolute Gasteiger partial charge is 0.420 e. The van der Waals surface area contributed by atoms with E-state index in [9.17, 15) is 4.79 Å². The second-order valence-corrected chi connectivity index (χ2v) is 3.46. The van der Waals surface area contributed by atoms with Crippen molar-refractivity contribution in [1.29, 1.82) is 0 Å². The van der Waals surface area contributed by atoms with E-state index in [1.165, 1.54) is 12.6 Å². The van der Waals surface area contributed by atoms with Gasteiger partial charge in [-0.25, -0.2) is 9.52 Å². The molecule has 0 bridgehead atoms. The quantitative estimate of drug-likeness (QED) is 0.456. The lowest BCUT2D eigenvalue weighted by Crippen LogP contribution is -2.19. The van der Waals surface area contributed by atoms with Gasteiger partial charge in [0.05, 0.1) is 0 Å². The molecule has 0 aliphatic carbocycles. The molecular weight excluding hydrogens is 212 g/mol. The lowest BCUT2D eigenvalue weighted by Gasteiger charge is -2.03.